The van der Waals surface area contributed by atoms with Crippen molar-refractivity contribution in [2.75, 3.05) is 26.2 Å². The predicted octanol–water partition coefficient (Wildman–Crippen LogP) is 1.11. The number of nitrogens with one attached hydrogen (secondary N) is 2. The number of piperidine rings is 1. The van der Waals surface area contributed by atoms with Gasteiger partial charge >= 0.3 is 0 Å². The molecule has 2 rings (SSSR count). The molecule has 0 bridgehead atoms. The fourth-order valence-corrected chi connectivity index (χ4v) is 4.27. The van der Waals surface area contributed by atoms with Crippen molar-refractivity contribution in [2.24, 2.45) is 5.92 Å². The van der Waals surface area contributed by atoms with Gasteiger partial charge in [0.25, 0.3) is 10.2 Å². The Labute approximate surface area is 131 Å². The van der Waals surface area contributed by atoms with Gasteiger partial charge in [-0.05, 0) is 38.8 Å². The van der Waals surface area contributed by atoms with Gasteiger partial charge in [-0.3, -0.25) is 0 Å². The first-order chi connectivity index (χ1) is 10.0. The van der Waals surface area contributed by atoms with Crippen molar-refractivity contribution in [3.8, 4) is 0 Å². The van der Waals surface area contributed by atoms with E-state index in [-0.39, 0.29) is 6.54 Å². The van der Waals surface area contributed by atoms with Crippen LogP contribution in [0.3, 0.4) is 0 Å². The van der Waals surface area contributed by atoms with E-state index in [9.17, 15) is 8.42 Å². The molecule has 0 saturated carbocycles. The van der Waals surface area contributed by atoms with E-state index in [0.717, 1.165) is 36.6 Å². The zero-order valence-corrected chi connectivity index (χ0v) is 14.3. The molecular formula is C13H24N4O2S2. The minimum absolute atomic E-state index is 0.268. The largest absolute Gasteiger partial charge is 0.317 e. The lowest BCUT2D eigenvalue weighted by molar-refractivity contribution is 0.266. The van der Waals surface area contributed by atoms with Crippen LogP contribution in [0.2, 0.25) is 0 Å². The van der Waals surface area contributed by atoms with Gasteiger partial charge in [0.05, 0.1) is 17.2 Å². The highest BCUT2D eigenvalue weighted by atomic mass is 32.2. The average Bonchev–Trinajstić information content (AvgIpc) is 2.89. The third kappa shape index (κ3) is 5.00. The summed E-state index contributed by atoms with van der Waals surface area (Å²) in [7, 11) is -3.39. The summed E-state index contributed by atoms with van der Waals surface area (Å²) in [6.45, 7) is 7.41. The number of aryl methyl sites for hydroxylation is 1. The molecule has 0 amide bonds. The summed E-state index contributed by atoms with van der Waals surface area (Å²) in [6, 6.07) is 0. The molecular weight excluding hydrogens is 308 g/mol. The fraction of sp³-hybridized carbons (Fsp3) is 0.769. The summed E-state index contributed by atoms with van der Waals surface area (Å²) < 4.78 is 28.7. The van der Waals surface area contributed by atoms with E-state index < -0.39 is 10.2 Å². The second-order valence-electron chi connectivity index (χ2n) is 5.33. The molecule has 1 fully saturated rings. The van der Waals surface area contributed by atoms with Crippen LogP contribution < -0.4 is 10.0 Å². The number of nitrogens with zero attached hydrogens (tertiary/aromatic N) is 2. The number of aromatic nitrogens is 1. The zero-order valence-electron chi connectivity index (χ0n) is 12.6. The number of hydrogen-bond donors (Lipinski definition) is 2. The van der Waals surface area contributed by atoms with Crippen LogP contribution in [0, 0.1) is 12.8 Å². The van der Waals surface area contributed by atoms with E-state index in [1.807, 2.05) is 12.3 Å². The minimum atomic E-state index is -3.39. The van der Waals surface area contributed by atoms with E-state index in [0.29, 0.717) is 19.0 Å². The smallest absolute Gasteiger partial charge is 0.279 e. The summed E-state index contributed by atoms with van der Waals surface area (Å²) in [6.07, 6.45) is 1.84. The lowest BCUT2D eigenvalue weighted by Crippen LogP contribution is -2.45. The third-order valence-corrected chi connectivity index (χ3v) is 6.08. The Hall–Kier alpha value is -0.540. The fourth-order valence-electron chi connectivity index (χ4n) is 2.45. The Bertz CT molecular complexity index is 536. The molecule has 8 heteroatoms. The highest BCUT2D eigenvalue weighted by molar-refractivity contribution is 7.87. The van der Waals surface area contributed by atoms with E-state index in [1.54, 1.807) is 4.31 Å². The molecule has 2 heterocycles. The minimum Gasteiger partial charge on any atom is -0.317 e. The van der Waals surface area contributed by atoms with Crippen molar-refractivity contribution in [2.45, 2.75) is 33.2 Å². The maximum Gasteiger partial charge on any atom is 0.279 e. The van der Waals surface area contributed by atoms with Gasteiger partial charge in [-0.15, -0.1) is 11.3 Å². The van der Waals surface area contributed by atoms with E-state index >= 15 is 0 Å². The first-order valence-electron chi connectivity index (χ1n) is 7.37. The van der Waals surface area contributed by atoms with Gasteiger partial charge in [0.2, 0.25) is 0 Å². The molecule has 0 spiro atoms. The molecule has 1 aliphatic heterocycles. The summed E-state index contributed by atoms with van der Waals surface area (Å²) in [5, 5.41) is 6.17. The molecule has 1 saturated heterocycles. The van der Waals surface area contributed by atoms with Gasteiger partial charge in [0.1, 0.15) is 0 Å². The lowest BCUT2D eigenvalue weighted by Gasteiger charge is -2.31. The maximum absolute atomic E-state index is 12.3. The van der Waals surface area contributed by atoms with Crippen molar-refractivity contribution < 1.29 is 8.42 Å². The van der Waals surface area contributed by atoms with Crippen LogP contribution >= 0.6 is 11.3 Å². The second kappa shape index (κ2) is 7.64. The van der Waals surface area contributed by atoms with E-state index in [2.05, 4.69) is 21.9 Å². The van der Waals surface area contributed by atoms with Gasteiger partial charge < -0.3 is 5.32 Å². The Kier molecular flexibility index (Phi) is 6.12. The maximum atomic E-state index is 12.3. The average molecular weight is 332 g/mol. The number of hydrogen-bond acceptors (Lipinski definition) is 5. The molecule has 0 unspecified atom stereocenters. The van der Waals surface area contributed by atoms with Crippen molar-refractivity contribution >= 4 is 21.5 Å². The standard InChI is InChI=1S/C13H24N4O2S2/c1-3-14-8-12-4-6-17(7-5-12)21(18,19)15-9-13-10-20-11(2)16-13/h10,12,14-15H,3-9H2,1-2H3. The second-order valence-corrected chi connectivity index (χ2v) is 8.15. The summed E-state index contributed by atoms with van der Waals surface area (Å²) >= 11 is 1.53. The quantitative estimate of drug-likeness (QED) is 0.784. The van der Waals surface area contributed by atoms with Crippen LogP contribution in [0.5, 0.6) is 0 Å². The summed E-state index contributed by atoms with van der Waals surface area (Å²) in [4.78, 5) is 4.27. The van der Waals surface area contributed by atoms with Crippen LogP contribution in [-0.2, 0) is 16.8 Å². The molecule has 6 nitrogen and oxygen atoms in total. The molecule has 1 aromatic heterocycles. The van der Waals surface area contributed by atoms with Crippen LogP contribution in [-0.4, -0.2) is 43.9 Å². The van der Waals surface area contributed by atoms with Crippen molar-refractivity contribution in [1.29, 1.82) is 0 Å². The topological polar surface area (TPSA) is 74.3 Å². The SMILES string of the molecule is CCNCC1CCN(S(=O)(=O)NCc2csc(C)n2)CC1. The third-order valence-electron chi connectivity index (χ3n) is 3.70. The highest BCUT2D eigenvalue weighted by Crippen LogP contribution is 2.18. The molecule has 1 aliphatic rings. The van der Waals surface area contributed by atoms with Crippen LogP contribution in [0.15, 0.2) is 5.38 Å². The molecule has 1 aromatic rings. The molecule has 120 valence electrons. The molecule has 2 N–H and O–H groups in total. The van der Waals surface area contributed by atoms with Gasteiger partial charge in [-0.2, -0.15) is 17.4 Å². The Morgan fingerprint density at radius 2 is 2.14 bits per heavy atom. The molecule has 21 heavy (non-hydrogen) atoms. The first-order valence-corrected chi connectivity index (χ1v) is 9.69. The molecule has 0 atom stereocenters. The monoisotopic (exact) mass is 332 g/mol. The Morgan fingerprint density at radius 3 is 2.71 bits per heavy atom. The van der Waals surface area contributed by atoms with Crippen molar-refractivity contribution in [1.82, 2.24) is 19.3 Å². The Morgan fingerprint density at radius 1 is 1.43 bits per heavy atom. The predicted molar refractivity (Wildman–Crippen MR) is 85.5 cm³/mol. The van der Waals surface area contributed by atoms with Crippen LogP contribution in [0.4, 0.5) is 0 Å². The lowest BCUT2D eigenvalue weighted by atomic mass is 9.98. The normalized spacial score (nSPS) is 18.2. The zero-order chi connectivity index (χ0) is 15.3. The highest BCUT2D eigenvalue weighted by Gasteiger charge is 2.27. The van der Waals surface area contributed by atoms with Gasteiger partial charge in [-0.1, -0.05) is 6.92 Å². The molecule has 0 radical (unpaired) electrons. The number of rotatable bonds is 7. The van der Waals surface area contributed by atoms with Crippen LogP contribution in [0.25, 0.3) is 0 Å². The van der Waals surface area contributed by atoms with Crippen molar-refractivity contribution in [3.05, 3.63) is 16.1 Å². The summed E-state index contributed by atoms with van der Waals surface area (Å²) in [5.41, 5.74) is 0.781. The number of thiazole rings is 1. The molecule has 0 aliphatic carbocycles. The van der Waals surface area contributed by atoms with E-state index in [1.165, 1.54) is 11.3 Å². The van der Waals surface area contributed by atoms with Crippen LogP contribution in [0.1, 0.15) is 30.5 Å². The van der Waals surface area contributed by atoms with Gasteiger partial charge in [0.15, 0.2) is 0 Å². The van der Waals surface area contributed by atoms with Gasteiger partial charge in [0, 0.05) is 18.5 Å². The van der Waals surface area contributed by atoms with Gasteiger partial charge in [-0.25, -0.2) is 4.98 Å². The summed E-state index contributed by atoms with van der Waals surface area (Å²) in [5.74, 6) is 0.581. The van der Waals surface area contributed by atoms with E-state index in [4.69, 9.17) is 0 Å². The molecule has 0 aromatic carbocycles. The van der Waals surface area contributed by atoms with Crippen molar-refractivity contribution in [3.63, 3.8) is 0 Å². The Balaban J connectivity index is 1.81. The first kappa shape index (κ1) is 16.8.